The number of carbonyl (C=O) groups is 1. The van der Waals surface area contributed by atoms with Crippen LogP contribution in [0.2, 0.25) is 0 Å². The van der Waals surface area contributed by atoms with E-state index in [-0.39, 0.29) is 11.7 Å². The number of hydrogen-bond donors (Lipinski definition) is 1. The molecule has 1 heterocycles. The highest BCUT2D eigenvalue weighted by atomic mass is 19.1. The molecular weight excluding hydrogens is 283 g/mol. The number of benzene rings is 1. The van der Waals surface area contributed by atoms with Crippen LogP contribution in [0.15, 0.2) is 28.8 Å². The molecule has 1 aromatic heterocycles. The van der Waals surface area contributed by atoms with E-state index in [0.717, 1.165) is 31.2 Å². The molecule has 0 radical (unpaired) electrons. The van der Waals surface area contributed by atoms with Gasteiger partial charge in [-0.2, -0.15) is 0 Å². The highest BCUT2D eigenvalue weighted by molar-refractivity contribution is 5.96. The first-order valence-corrected chi connectivity index (χ1v) is 7.53. The SMILES string of the molecule is Cc1noc(C)c1C(=O)NC1(c2ccc(F)cc2)CCCC1. The second kappa shape index (κ2) is 5.55. The lowest BCUT2D eigenvalue weighted by molar-refractivity contribution is 0.0896. The number of halogens is 1. The van der Waals surface area contributed by atoms with Gasteiger partial charge < -0.3 is 9.84 Å². The van der Waals surface area contributed by atoms with Crippen molar-refractivity contribution < 1.29 is 13.7 Å². The lowest BCUT2D eigenvalue weighted by atomic mass is 9.87. The van der Waals surface area contributed by atoms with Crippen molar-refractivity contribution in [1.82, 2.24) is 10.5 Å². The Kier molecular flexibility index (Phi) is 3.72. The summed E-state index contributed by atoms with van der Waals surface area (Å²) in [5.41, 5.74) is 1.60. The molecule has 5 heteroatoms. The average molecular weight is 302 g/mol. The molecule has 0 bridgehead atoms. The van der Waals surface area contributed by atoms with Crippen molar-refractivity contribution in [3.63, 3.8) is 0 Å². The minimum Gasteiger partial charge on any atom is -0.361 e. The lowest BCUT2D eigenvalue weighted by Crippen LogP contribution is -2.44. The van der Waals surface area contributed by atoms with Crippen LogP contribution in [0.25, 0.3) is 0 Å². The first-order chi connectivity index (χ1) is 10.5. The van der Waals surface area contributed by atoms with Crippen molar-refractivity contribution in [2.75, 3.05) is 0 Å². The van der Waals surface area contributed by atoms with Gasteiger partial charge in [0.2, 0.25) is 0 Å². The number of rotatable bonds is 3. The van der Waals surface area contributed by atoms with Gasteiger partial charge in [0.25, 0.3) is 5.91 Å². The van der Waals surface area contributed by atoms with Gasteiger partial charge in [-0.15, -0.1) is 0 Å². The Morgan fingerprint density at radius 2 is 1.86 bits per heavy atom. The molecule has 1 aromatic carbocycles. The summed E-state index contributed by atoms with van der Waals surface area (Å²) >= 11 is 0. The topological polar surface area (TPSA) is 55.1 Å². The second-order valence-corrected chi connectivity index (χ2v) is 5.95. The van der Waals surface area contributed by atoms with Gasteiger partial charge in [-0.05, 0) is 44.4 Å². The monoisotopic (exact) mass is 302 g/mol. The zero-order chi connectivity index (χ0) is 15.7. The number of amides is 1. The highest BCUT2D eigenvalue weighted by Gasteiger charge is 2.38. The van der Waals surface area contributed by atoms with E-state index < -0.39 is 5.54 Å². The van der Waals surface area contributed by atoms with Gasteiger partial charge >= 0.3 is 0 Å². The van der Waals surface area contributed by atoms with Crippen molar-refractivity contribution in [2.24, 2.45) is 0 Å². The molecule has 116 valence electrons. The number of aryl methyl sites for hydroxylation is 2. The first-order valence-electron chi connectivity index (χ1n) is 7.53. The van der Waals surface area contributed by atoms with E-state index in [4.69, 9.17) is 4.52 Å². The molecule has 0 unspecified atom stereocenters. The summed E-state index contributed by atoms with van der Waals surface area (Å²) < 4.78 is 18.3. The largest absolute Gasteiger partial charge is 0.361 e. The molecular formula is C17H19FN2O2. The van der Waals surface area contributed by atoms with E-state index >= 15 is 0 Å². The summed E-state index contributed by atoms with van der Waals surface area (Å²) in [6, 6.07) is 6.40. The number of nitrogens with zero attached hydrogens (tertiary/aromatic N) is 1. The van der Waals surface area contributed by atoms with Gasteiger partial charge in [-0.25, -0.2) is 4.39 Å². The van der Waals surface area contributed by atoms with Gasteiger partial charge in [-0.3, -0.25) is 4.79 Å². The Bertz CT molecular complexity index is 666. The van der Waals surface area contributed by atoms with Crippen LogP contribution in [0.3, 0.4) is 0 Å². The van der Waals surface area contributed by atoms with Crippen molar-refractivity contribution >= 4 is 5.91 Å². The summed E-state index contributed by atoms with van der Waals surface area (Å²) in [7, 11) is 0. The molecule has 1 aliphatic carbocycles. The maximum Gasteiger partial charge on any atom is 0.257 e. The molecule has 0 saturated heterocycles. The molecule has 1 aliphatic rings. The molecule has 1 saturated carbocycles. The number of aromatic nitrogens is 1. The molecule has 3 rings (SSSR count). The molecule has 0 atom stereocenters. The zero-order valence-electron chi connectivity index (χ0n) is 12.8. The first kappa shape index (κ1) is 14.8. The lowest BCUT2D eigenvalue weighted by Gasteiger charge is -2.31. The standard InChI is InChI=1S/C17H19FN2O2/c1-11-15(12(2)22-20-11)16(21)19-17(9-3-4-10-17)13-5-7-14(18)8-6-13/h5-8H,3-4,9-10H2,1-2H3,(H,19,21). The Balaban J connectivity index is 1.92. The molecule has 2 aromatic rings. The summed E-state index contributed by atoms with van der Waals surface area (Å²) in [4.78, 5) is 12.7. The maximum absolute atomic E-state index is 13.2. The van der Waals surface area contributed by atoms with Gasteiger partial charge in [-0.1, -0.05) is 30.1 Å². The van der Waals surface area contributed by atoms with Crippen molar-refractivity contribution in [3.05, 3.63) is 52.7 Å². The summed E-state index contributed by atoms with van der Waals surface area (Å²) in [6.07, 6.45) is 3.79. The minimum absolute atomic E-state index is 0.178. The van der Waals surface area contributed by atoms with Crippen LogP contribution >= 0.6 is 0 Å². The van der Waals surface area contributed by atoms with E-state index in [9.17, 15) is 9.18 Å². The fraction of sp³-hybridized carbons (Fsp3) is 0.412. The van der Waals surface area contributed by atoms with Crippen LogP contribution in [-0.2, 0) is 5.54 Å². The third-order valence-corrected chi connectivity index (χ3v) is 4.47. The maximum atomic E-state index is 13.2. The van der Waals surface area contributed by atoms with Crippen LogP contribution in [0.1, 0.15) is 53.1 Å². The predicted molar refractivity (Wildman–Crippen MR) is 80.0 cm³/mol. The Labute approximate surface area is 128 Å². The molecule has 1 amide bonds. The fourth-order valence-corrected chi connectivity index (χ4v) is 3.32. The molecule has 1 N–H and O–H groups in total. The third-order valence-electron chi connectivity index (χ3n) is 4.47. The molecule has 0 spiro atoms. The summed E-state index contributed by atoms with van der Waals surface area (Å²) in [5.74, 6) is 0.0682. The van der Waals surface area contributed by atoms with Crippen molar-refractivity contribution in [2.45, 2.75) is 45.1 Å². The Morgan fingerprint density at radius 1 is 1.23 bits per heavy atom. The van der Waals surface area contributed by atoms with Gasteiger partial charge in [0.15, 0.2) is 0 Å². The number of carbonyl (C=O) groups excluding carboxylic acids is 1. The Hall–Kier alpha value is -2.17. The van der Waals surface area contributed by atoms with Crippen LogP contribution in [0.5, 0.6) is 0 Å². The van der Waals surface area contributed by atoms with E-state index in [0.29, 0.717) is 17.0 Å². The predicted octanol–water partition coefficient (Wildman–Crippen LogP) is 3.63. The summed E-state index contributed by atoms with van der Waals surface area (Å²) in [6.45, 7) is 3.48. The minimum atomic E-state index is -0.430. The third kappa shape index (κ3) is 2.51. The Morgan fingerprint density at radius 3 is 2.41 bits per heavy atom. The highest BCUT2D eigenvalue weighted by Crippen LogP contribution is 2.39. The second-order valence-electron chi connectivity index (χ2n) is 5.95. The molecule has 1 fully saturated rings. The van der Waals surface area contributed by atoms with Gasteiger partial charge in [0.1, 0.15) is 17.1 Å². The van der Waals surface area contributed by atoms with Crippen LogP contribution in [0, 0.1) is 19.7 Å². The quantitative estimate of drug-likeness (QED) is 0.942. The number of nitrogens with one attached hydrogen (secondary N) is 1. The molecule has 4 nitrogen and oxygen atoms in total. The normalized spacial score (nSPS) is 16.7. The van der Waals surface area contributed by atoms with E-state index in [1.54, 1.807) is 26.0 Å². The number of hydrogen-bond acceptors (Lipinski definition) is 3. The van der Waals surface area contributed by atoms with Gasteiger partial charge in [0, 0.05) is 0 Å². The van der Waals surface area contributed by atoms with Gasteiger partial charge in [0.05, 0.1) is 11.2 Å². The zero-order valence-corrected chi connectivity index (χ0v) is 12.8. The van der Waals surface area contributed by atoms with E-state index in [1.807, 2.05) is 0 Å². The summed E-state index contributed by atoms with van der Waals surface area (Å²) in [5, 5.41) is 6.98. The fourth-order valence-electron chi connectivity index (χ4n) is 3.32. The van der Waals surface area contributed by atoms with E-state index in [1.165, 1.54) is 12.1 Å². The van der Waals surface area contributed by atoms with Crippen molar-refractivity contribution in [3.8, 4) is 0 Å². The van der Waals surface area contributed by atoms with Crippen LogP contribution in [0.4, 0.5) is 4.39 Å². The molecule has 22 heavy (non-hydrogen) atoms. The smallest absolute Gasteiger partial charge is 0.257 e. The van der Waals surface area contributed by atoms with Crippen LogP contribution < -0.4 is 5.32 Å². The molecule has 0 aliphatic heterocycles. The van der Waals surface area contributed by atoms with Crippen LogP contribution in [-0.4, -0.2) is 11.1 Å². The van der Waals surface area contributed by atoms with Crippen molar-refractivity contribution in [1.29, 1.82) is 0 Å². The average Bonchev–Trinajstić information content (AvgIpc) is 3.07. The van der Waals surface area contributed by atoms with E-state index in [2.05, 4.69) is 10.5 Å².